The van der Waals surface area contributed by atoms with Crippen molar-refractivity contribution in [1.82, 2.24) is 15.5 Å². The fraction of sp³-hybridized carbons (Fsp3) is 0.421. The quantitative estimate of drug-likeness (QED) is 0.808. The standard InChI is InChI=1S/C19H23N3O4/c1-11-5-7-12(8-6-11)16-15-13(10-26-17(15)24)22(18(25)20-16)9-14(23)21-19(2,3)4/h5-8,16H,9-10H2,1-4H3,(H,20,25)(H,21,23). The van der Waals surface area contributed by atoms with Crippen molar-refractivity contribution in [2.45, 2.75) is 39.3 Å². The minimum absolute atomic E-state index is 0.00720. The largest absolute Gasteiger partial charge is 0.456 e. The number of carbonyl (C=O) groups is 3. The highest BCUT2D eigenvalue weighted by atomic mass is 16.5. The first-order chi connectivity index (χ1) is 12.2. The van der Waals surface area contributed by atoms with Crippen LogP contribution >= 0.6 is 0 Å². The molecule has 2 N–H and O–H groups in total. The average Bonchev–Trinajstić information content (AvgIpc) is 2.91. The first kappa shape index (κ1) is 18.0. The van der Waals surface area contributed by atoms with Crippen molar-refractivity contribution < 1.29 is 19.1 Å². The summed E-state index contributed by atoms with van der Waals surface area (Å²) in [4.78, 5) is 38.4. The van der Waals surface area contributed by atoms with Gasteiger partial charge < -0.3 is 15.4 Å². The Labute approximate surface area is 152 Å². The van der Waals surface area contributed by atoms with Crippen molar-refractivity contribution in [1.29, 1.82) is 0 Å². The molecule has 2 heterocycles. The maximum absolute atomic E-state index is 12.6. The Hall–Kier alpha value is -2.83. The van der Waals surface area contributed by atoms with Crippen LogP contribution in [0.4, 0.5) is 4.79 Å². The first-order valence-electron chi connectivity index (χ1n) is 8.51. The SMILES string of the molecule is Cc1ccc(C2NC(=O)N(CC(=O)NC(C)(C)C)C3=C2C(=O)OC3)cc1. The van der Waals surface area contributed by atoms with Gasteiger partial charge in [0.1, 0.15) is 13.2 Å². The number of rotatable bonds is 3. The highest BCUT2D eigenvalue weighted by Gasteiger charge is 2.42. The third-order valence-electron chi connectivity index (χ3n) is 4.23. The van der Waals surface area contributed by atoms with Crippen molar-refractivity contribution >= 4 is 17.9 Å². The summed E-state index contributed by atoms with van der Waals surface area (Å²) in [7, 11) is 0. The fourth-order valence-corrected chi connectivity index (χ4v) is 3.09. The number of hydrogen-bond donors (Lipinski definition) is 2. The number of esters is 1. The van der Waals surface area contributed by atoms with E-state index in [-0.39, 0.29) is 19.1 Å². The lowest BCUT2D eigenvalue weighted by atomic mass is 9.95. The van der Waals surface area contributed by atoms with Crippen molar-refractivity contribution in [3.63, 3.8) is 0 Å². The number of amides is 3. The van der Waals surface area contributed by atoms with Gasteiger partial charge in [0.05, 0.1) is 17.3 Å². The molecule has 26 heavy (non-hydrogen) atoms. The first-order valence-corrected chi connectivity index (χ1v) is 8.51. The van der Waals surface area contributed by atoms with Crippen molar-refractivity contribution in [2.75, 3.05) is 13.2 Å². The van der Waals surface area contributed by atoms with Gasteiger partial charge in [-0.3, -0.25) is 9.69 Å². The second-order valence-corrected chi connectivity index (χ2v) is 7.61. The zero-order valence-electron chi connectivity index (χ0n) is 15.4. The number of carbonyl (C=O) groups excluding carboxylic acids is 3. The molecule has 0 aromatic heterocycles. The van der Waals surface area contributed by atoms with Crippen molar-refractivity contribution in [3.8, 4) is 0 Å². The molecule has 7 nitrogen and oxygen atoms in total. The molecule has 2 aliphatic rings. The van der Waals surface area contributed by atoms with E-state index in [1.54, 1.807) is 0 Å². The predicted octanol–water partition coefficient (Wildman–Crippen LogP) is 1.79. The molecule has 0 fully saturated rings. The third kappa shape index (κ3) is 3.56. The summed E-state index contributed by atoms with van der Waals surface area (Å²) in [6, 6.07) is 6.60. The van der Waals surface area contributed by atoms with Gasteiger partial charge in [-0.25, -0.2) is 9.59 Å². The Morgan fingerprint density at radius 3 is 2.54 bits per heavy atom. The van der Waals surface area contributed by atoms with E-state index in [1.165, 1.54) is 4.90 Å². The monoisotopic (exact) mass is 357 g/mol. The van der Waals surface area contributed by atoms with E-state index >= 15 is 0 Å². The molecule has 1 unspecified atom stereocenters. The Morgan fingerprint density at radius 2 is 1.92 bits per heavy atom. The highest BCUT2D eigenvalue weighted by molar-refractivity contribution is 5.98. The van der Waals surface area contributed by atoms with Crippen LogP contribution in [0.15, 0.2) is 35.5 Å². The lowest BCUT2D eigenvalue weighted by molar-refractivity contribution is -0.136. The summed E-state index contributed by atoms with van der Waals surface area (Å²) in [6.07, 6.45) is 0. The molecule has 0 radical (unpaired) electrons. The molecule has 0 spiro atoms. The number of nitrogens with zero attached hydrogens (tertiary/aromatic N) is 1. The number of ether oxygens (including phenoxy) is 1. The molecule has 1 aromatic rings. The van der Waals surface area contributed by atoms with Crippen LogP contribution in [0.1, 0.15) is 37.9 Å². The van der Waals surface area contributed by atoms with Crippen LogP contribution in [0.5, 0.6) is 0 Å². The van der Waals surface area contributed by atoms with Crippen LogP contribution < -0.4 is 10.6 Å². The molecule has 2 aliphatic heterocycles. The maximum Gasteiger partial charge on any atom is 0.338 e. The minimum atomic E-state index is -0.574. The molecule has 0 bridgehead atoms. The number of cyclic esters (lactones) is 1. The fourth-order valence-electron chi connectivity index (χ4n) is 3.09. The summed E-state index contributed by atoms with van der Waals surface area (Å²) in [5.74, 6) is -0.764. The second-order valence-electron chi connectivity index (χ2n) is 7.61. The van der Waals surface area contributed by atoms with Crippen LogP contribution in [0.25, 0.3) is 0 Å². The average molecular weight is 357 g/mol. The second kappa shape index (κ2) is 6.48. The molecule has 3 rings (SSSR count). The zero-order valence-corrected chi connectivity index (χ0v) is 15.4. The summed E-state index contributed by atoms with van der Waals surface area (Å²) >= 11 is 0. The number of nitrogens with one attached hydrogen (secondary N) is 2. The lowest BCUT2D eigenvalue weighted by Gasteiger charge is -2.33. The van der Waals surface area contributed by atoms with E-state index in [4.69, 9.17) is 4.74 Å². The van der Waals surface area contributed by atoms with E-state index < -0.39 is 23.6 Å². The number of urea groups is 1. The topological polar surface area (TPSA) is 87.7 Å². The number of benzene rings is 1. The molecule has 1 aromatic carbocycles. The van der Waals surface area contributed by atoms with Gasteiger partial charge in [0.15, 0.2) is 0 Å². The van der Waals surface area contributed by atoms with Gasteiger partial charge in [0, 0.05) is 5.54 Å². The van der Waals surface area contributed by atoms with Gasteiger partial charge in [0.2, 0.25) is 5.91 Å². The highest BCUT2D eigenvalue weighted by Crippen LogP contribution is 2.34. The normalized spacial score (nSPS) is 19.8. The van der Waals surface area contributed by atoms with Gasteiger partial charge >= 0.3 is 12.0 Å². The summed E-state index contributed by atoms with van der Waals surface area (Å²) in [6.45, 7) is 7.38. The van der Waals surface area contributed by atoms with Crippen LogP contribution in [-0.4, -0.2) is 41.5 Å². The zero-order chi connectivity index (χ0) is 19.1. The lowest BCUT2D eigenvalue weighted by Crippen LogP contribution is -2.52. The molecule has 138 valence electrons. The van der Waals surface area contributed by atoms with Crippen LogP contribution in [-0.2, 0) is 14.3 Å². The minimum Gasteiger partial charge on any atom is -0.456 e. The smallest absolute Gasteiger partial charge is 0.338 e. The van der Waals surface area contributed by atoms with Gasteiger partial charge in [-0.05, 0) is 33.3 Å². The van der Waals surface area contributed by atoms with Crippen molar-refractivity contribution in [3.05, 3.63) is 46.7 Å². The van der Waals surface area contributed by atoms with Crippen LogP contribution in [0.2, 0.25) is 0 Å². The van der Waals surface area contributed by atoms with Gasteiger partial charge in [-0.2, -0.15) is 0 Å². The van der Waals surface area contributed by atoms with Gasteiger partial charge in [0.25, 0.3) is 0 Å². The van der Waals surface area contributed by atoms with E-state index in [9.17, 15) is 14.4 Å². The van der Waals surface area contributed by atoms with E-state index in [1.807, 2.05) is 52.0 Å². The summed E-state index contributed by atoms with van der Waals surface area (Å²) < 4.78 is 5.16. The molecular weight excluding hydrogens is 334 g/mol. The Morgan fingerprint density at radius 1 is 1.27 bits per heavy atom. The Bertz CT molecular complexity index is 790. The molecule has 1 atom stereocenters. The summed E-state index contributed by atoms with van der Waals surface area (Å²) in [5.41, 5.74) is 2.31. The molecule has 0 saturated carbocycles. The molecular formula is C19H23N3O4. The molecule has 0 aliphatic carbocycles. The molecule has 7 heteroatoms. The summed E-state index contributed by atoms with van der Waals surface area (Å²) in [5, 5.41) is 5.64. The predicted molar refractivity (Wildman–Crippen MR) is 95.0 cm³/mol. The van der Waals surface area contributed by atoms with Gasteiger partial charge in [-0.1, -0.05) is 29.8 Å². The number of hydrogen-bond acceptors (Lipinski definition) is 4. The molecule has 0 saturated heterocycles. The maximum atomic E-state index is 12.6. The molecule has 3 amide bonds. The number of aryl methyl sites for hydroxylation is 1. The Balaban J connectivity index is 1.91. The van der Waals surface area contributed by atoms with Gasteiger partial charge in [-0.15, -0.1) is 0 Å². The van der Waals surface area contributed by atoms with Crippen LogP contribution in [0, 0.1) is 6.92 Å². The van der Waals surface area contributed by atoms with E-state index in [0.29, 0.717) is 11.3 Å². The van der Waals surface area contributed by atoms with E-state index in [2.05, 4.69) is 10.6 Å². The third-order valence-corrected chi connectivity index (χ3v) is 4.23. The van der Waals surface area contributed by atoms with Crippen LogP contribution in [0.3, 0.4) is 0 Å². The van der Waals surface area contributed by atoms with E-state index in [0.717, 1.165) is 11.1 Å². The Kier molecular flexibility index (Phi) is 4.48. The van der Waals surface area contributed by atoms with Crippen molar-refractivity contribution in [2.24, 2.45) is 0 Å².